The first-order chi connectivity index (χ1) is 9.52. The molecule has 1 heterocycles. The average Bonchev–Trinajstić information content (AvgIpc) is 2.46. The molecule has 1 fully saturated rings. The van der Waals surface area contributed by atoms with E-state index in [4.69, 9.17) is 0 Å². The van der Waals surface area contributed by atoms with Gasteiger partial charge in [0, 0.05) is 37.8 Å². The molecule has 0 spiro atoms. The van der Waals surface area contributed by atoms with Crippen LogP contribution in [0.15, 0.2) is 24.3 Å². The molecule has 0 unspecified atom stereocenters. The maximum Gasteiger partial charge on any atom is 0.222 e. The molecule has 1 amide bonds. The van der Waals surface area contributed by atoms with Crippen molar-refractivity contribution >= 4 is 11.6 Å². The van der Waals surface area contributed by atoms with Gasteiger partial charge in [-0.2, -0.15) is 0 Å². The van der Waals surface area contributed by atoms with Crippen molar-refractivity contribution in [3.05, 3.63) is 29.8 Å². The maximum atomic E-state index is 11.8. The average molecular weight is 274 g/mol. The van der Waals surface area contributed by atoms with E-state index < -0.39 is 0 Å². The maximum absolute atomic E-state index is 11.8. The number of amides is 1. The number of hydrogen-bond donors (Lipinski definition) is 0. The summed E-state index contributed by atoms with van der Waals surface area (Å²) < 4.78 is 0. The molecular formula is C17H26N2O. The summed E-state index contributed by atoms with van der Waals surface area (Å²) in [5, 5.41) is 0. The monoisotopic (exact) mass is 274 g/mol. The van der Waals surface area contributed by atoms with Gasteiger partial charge < -0.3 is 9.80 Å². The lowest BCUT2D eigenvalue weighted by atomic mass is 10.0. The Labute approximate surface area is 122 Å². The Morgan fingerprint density at radius 2 is 1.90 bits per heavy atom. The van der Waals surface area contributed by atoms with E-state index in [-0.39, 0.29) is 5.91 Å². The Balaban J connectivity index is 2.03. The third-order valence-electron chi connectivity index (χ3n) is 4.18. The van der Waals surface area contributed by atoms with Crippen LogP contribution in [0.25, 0.3) is 0 Å². The van der Waals surface area contributed by atoms with Crippen molar-refractivity contribution in [2.75, 3.05) is 24.5 Å². The molecule has 0 N–H and O–H groups in total. The van der Waals surface area contributed by atoms with E-state index in [1.54, 1.807) is 0 Å². The van der Waals surface area contributed by atoms with Gasteiger partial charge in [-0.25, -0.2) is 0 Å². The van der Waals surface area contributed by atoms with Crippen LogP contribution >= 0.6 is 0 Å². The highest BCUT2D eigenvalue weighted by atomic mass is 16.2. The summed E-state index contributed by atoms with van der Waals surface area (Å²) >= 11 is 0. The molecule has 3 nitrogen and oxygen atoms in total. The molecule has 1 aromatic carbocycles. The standard InChI is InChI=1S/C17H26N2O/c1-5-17(20)19-11-10-18(12-14(19)4)16-8-6-15(7-9-16)13(2)3/h6-9,13-14H,5,10-12H2,1-4H3/t14-/m1/s1. The minimum absolute atomic E-state index is 0.271. The zero-order chi connectivity index (χ0) is 14.7. The summed E-state index contributed by atoms with van der Waals surface area (Å²) in [6.07, 6.45) is 0.605. The summed E-state index contributed by atoms with van der Waals surface area (Å²) in [7, 11) is 0. The molecular weight excluding hydrogens is 248 g/mol. The Morgan fingerprint density at radius 1 is 1.25 bits per heavy atom. The molecule has 1 aromatic rings. The van der Waals surface area contributed by atoms with E-state index in [2.05, 4.69) is 49.9 Å². The van der Waals surface area contributed by atoms with Gasteiger partial charge in [-0.15, -0.1) is 0 Å². The van der Waals surface area contributed by atoms with Crippen molar-refractivity contribution in [3.8, 4) is 0 Å². The first kappa shape index (κ1) is 14.9. The van der Waals surface area contributed by atoms with Crippen LogP contribution in [-0.2, 0) is 4.79 Å². The quantitative estimate of drug-likeness (QED) is 0.844. The summed E-state index contributed by atoms with van der Waals surface area (Å²) in [4.78, 5) is 16.2. The SMILES string of the molecule is CCC(=O)N1CCN(c2ccc(C(C)C)cc2)C[C@H]1C. The topological polar surface area (TPSA) is 23.6 Å². The highest BCUT2D eigenvalue weighted by Crippen LogP contribution is 2.22. The molecule has 0 radical (unpaired) electrons. The van der Waals surface area contributed by atoms with Gasteiger partial charge in [0.05, 0.1) is 0 Å². The second kappa shape index (κ2) is 6.29. The van der Waals surface area contributed by atoms with E-state index in [0.717, 1.165) is 19.6 Å². The van der Waals surface area contributed by atoms with E-state index in [1.807, 2.05) is 11.8 Å². The third-order valence-corrected chi connectivity index (χ3v) is 4.18. The van der Waals surface area contributed by atoms with Crippen LogP contribution in [0, 0.1) is 0 Å². The first-order valence-electron chi connectivity index (χ1n) is 7.67. The normalized spacial score (nSPS) is 19.6. The molecule has 1 aliphatic rings. The number of benzene rings is 1. The molecule has 0 bridgehead atoms. The summed E-state index contributed by atoms with van der Waals surface area (Å²) in [6, 6.07) is 9.14. The van der Waals surface area contributed by atoms with Crippen LogP contribution in [0.2, 0.25) is 0 Å². The van der Waals surface area contributed by atoms with Gasteiger partial charge in [0.2, 0.25) is 5.91 Å². The van der Waals surface area contributed by atoms with Crippen molar-refractivity contribution in [1.82, 2.24) is 4.90 Å². The summed E-state index contributed by atoms with van der Waals surface area (Å²) in [6.45, 7) is 11.2. The van der Waals surface area contributed by atoms with Crippen molar-refractivity contribution in [3.63, 3.8) is 0 Å². The molecule has 1 atom stereocenters. The van der Waals surface area contributed by atoms with Crippen molar-refractivity contribution in [1.29, 1.82) is 0 Å². The summed E-state index contributed by atoms with van der Waals surface area (Å²) in [5.41, 5.74) is 2.64. The van der Waals surface area contributed by atoms with Gasteiger partial charge in [0.25, 0.3) is 0 Å². The molecule has 20 heavy (non-hydrogen) atoms. The second-order valence-electron chi connectivity index (χ2n) is 5.98. The smallest absolute Gasteiger partial charge is 0.222 e. The Bertz CT molecular complexity index is 453. The molecule has 0 aliphatic carbocycles. The highest BCUT2D eigenvalue weighted by Gasteiger charge is 2.26. The summed E-state index contributed by atoms with van der Waals surface area (Å²) in [5.74, 6) is 0.842. The van der Waals surface area contributed by atoms with Crippen LogP contribution < -0.4 is 4.90 Å². The van der Waals surface area contributed by atoms with E-state index >= 15 is 0 Å². The van der Waals surface area contributed by atoms with Gasteiger partial charge in [0.1, 0.15) is 0 Å². The van der Waals surface area contributed by atoms with Crippen LogP contribution in [0.3, 0.4) is 0 Å². The predicted molar refractivity (Wildman–Crippen MR) is 84.2 cm³/mol. The Kier molecular flexibility index (Phi) is 4.69. The van der Waals surface area contributed by atoms with Gasteiger partial charge in [0.15, 0.2) is 0 Å². The molecule has 0 saturated carbocycles. The van der Waals surface area contributed by atoms with Crippen molar-refractivity contribution < 1.29 is 4.79 Å². The number of hydrogen-bond acceptors (Lipinski definition) is 2. The van der Waals surface area contributed by atoms with Crippen LogP contribution in [-0.4, -0.2) is 36.5 Å². The predicted octanol–water partition coefficient (Wildman–Crippen LogP) is 3.26. The van der Waals surface area contributed by atoms with Crippen LogP contribution in [0.1, 0.15) is 45.6 Å². The largest absolute Gasteiger partial charge is 0.368 e. The minimum Gasteiger partial charge on any atom is -0.368 e. The van der Waals surface area contributed by atoms with Gasteiger partial charge >= 0.3 is 0 Å². The zero-order valence-electron chi connectivity index (χ0n) is 13.1. The van der Waals surface area contributed by atoms with E-state index in [1.165, 1.54) is 11.3 Å². The van der Waals surface area contributed by atoms with E-state index in [9.17, 15) is 4.79 Å². The van der Waals surface area contributed by atoms with E-state index in [0.29, 0.717) is 18.4 Å². The molecule has 1 saturated heterocycles. The fourth-order valence-corrected chi connectivity index (χ4v) is 2.84. The Hall–Kier alpha value is -1.51. The van der Waals surface area contributed by atoms with Crippen LogP contribution in [0.5, 0.6) is 0 Å². The van der Waals surface area contributed by atoms with Crippen molar-refractivity contribution in [2.45, 2.75) is 46.1 Å². The molecule has 110 valence electrons. The van der Waals surface area contributed by atoms with Gasteiger partial charge in [-0.1, -0.05) is 32.9 Å². The fraction of sp³-hybridized carbons (Fsp3) is 0.588. The lowest BCUT2D eigenvalue weighted by molar-refractivity contribution is -0.133. The molecule has 3 heteroatoms. The van der Waals surface area contributed by atoms with Gasteiger partial charge in [-0.3, -0.25) is 4.79 Å². The number of nitrogens with zero attached hydrogens (tertiary/aromatic N) is 2. The number of carbonyl (C=O) groups excluding carboxylic acids is 1. The Morgan fingerprint density at radius 3 is 2.40 bits per heavy atom. The van der Waals surface area contributed by atoms with Crippen LogP contribution in [0.4, 0.5) is 5.69 Å². The third kappa shape index (κ3) is 3.14. The second-order valence-corrected chi connectivity index (χ2v) is 5.98. The zero-order valence-corrected chi connectivity index (χ0v) is 13.1. The minimum atomic E-state index is 0.271. The first-order valence-corrected chi connectivity index (χ1v) is 7.67. The molecule has 0 aromatic heterocycles. The molecule has 1 aliphatic heterocycles. The number of piperazine rings is 1. The highest BCUT2D eigenvalue weighted by molar-refractivity contribution is 5.76. The number of rotatable bonds is 3. The fourth-order valence-electron chi connectivity index (χ4n) is 2.84. The number of anilines is 1. The lowest BCUT2D eigenvalue weighted by Crippen LogP contribution is -2.54. The lowest BCUT2D eigenvalue weighted by Gasteiger charge is -2.41. The molecule has 2 rings (SSSR count). The number of carbonyl (C=O) groups is 1. The van der Waals surface area contributed by atoms with Crippen molar-refractivity contribution in [2.24, 2.45) is 0 Å². The van der Waals surface area contributed by atoms with Gasteiger partial charge in [-0.05, 0) is 30.5 Å².